The summed E-state index contributed by atoms with van der Waals surface area (Å²) in [5.74, 6) is 0.858. The van der Waals surface area contributed by atoms with Gasteiger partial charge in [0.1, 0.15) is 5.78 Å². The van der Waals surface area contributed by atoms with Crippen molar-refractivity contribution in [2.24, 2.45) is 11.3 Å². The van der Waals surface area contributed by atoms with E-state index >= 15 is 0 Å². The normalized spacial score (nSPS) is 37.4. The average Bonchev–Trinajstić information content (AvgIpc) is 2.78. The third-order valence-corrected chi connectivity index (χ3v) is 5.24. The van der Waals surface area contributed by atoms with Gasteiger partial charge in [-0.25, -0.2) is 0 Å². The van der Waals surface area contributed by atoms with Gasteiger partial charge < -0.3 is 5.32 Å². The lowest BCUT2D eigenvalue weighted by molar-refractivity contribution is -0.118. The zero-order valence-corrected chi connectivity index (χ0v) is 11.1. The summed E-state index contributed by atoms with van der Waals surface area (Å²) in [5, 5.41) is 4.83. The van der Waals surface area contributed by atoms with E-state index in [4.69, 9.17) is 23.2 Å². The summed E-state index contributed by atoms with van der Waals surface area (Å²) in [5.41, 5.74) is 1.36. The van der Waals surface area contributed by atoms with Gasteiger partial charge in [-0.05, 0) is 31.4 Å². The van der Waals surface area contributed by atoms with Crippen LogP contribution < -0.4 is 5.32 Å². The van der Waals surface area contributed by atoms with Gasteiger partial charge in [-0.15, -0.1) is 0 Å². The highest BCUT2D eigenvalue weighted by Crippen LogP contribution is 2.52. The van der Waals surface area contributed by atoms with Gasteiger partial charge in [0.25, 0.3) is 0 Å². The highest BCUT2D eigenvalue weighted by atomic mass is 35.5. The van der Waals surface area contributed by atoms with Gasteiger partial charge in [-0.3, -0.25) is 4.79 Å². The van der Waals surface area contributed by atoms with Gasteiger partial charge in [-0.1, -0.05) is 28.8 Å². The molecule has 0 radical (unpaired) electrons. The van der Waals surface area contributed by atoms with Crippen LogP contribution in [0.1, 0.15) is 25.7 Å². The maximum Gasteiger partial charge on any atom is 0.134 e. The van der Waals surface area contributed by atoms with Crippen molar-refractivity contribution < 1.29 is 4.79 Å². The van der Waals surface area contributed by atoms with Crippen LogP contribution in [0.5, 0.6) is 0 Å². The molecule has 0 amide bonds. The Morgan fingerprint density at radius 2 is 2.18 bits per heavy atom. The highest BCUT2D eigenvalue weighted by molar-refractivity contribution is 6.40. The fourth-order valence-corrected chi connectivity index (χ4v) is 3.91. The monoisotopic (exact) mass is 271 g/mol. The van der Waals surface area contributed by atoms with Crippen molar-refractivity contribution >= 4 is 29.0 Å². The number of carbonyl (C=O) groups excluding carboxylic acids is 1. The molecule has 1 aliphatic heterocycles. The SMILES string of the molecule is O=C1CC2CNCC2(C2=CC(Cl)=C(Cl)CC2)C1. The first kappa shape index (κ1) is 11.8. The van der Waals surface area contributed by atoms with E-state index in [9.17, 15) is 4.79 Å². The number of hydrogen-bond donors (Lipinski definition) is 1. The second-order valence-corrected chi connectivity index (χ2v) is 6.19. The fourth-order valence-electron chi connectivity index (χ4n) is 3.53. The Morgan fingerprint density at radius 1 is 1.35 bits per heavy atom. The molecule has 17 heavy (non-hydrogen) atoms. The Labute approximate surface area is 111 Å². The Balaban J connectivity index is 1.98. The van der Waals surface area contributed by atoms with E-state index < -0.39 is 0 Å². The molecule has 0 bridgehead atoms. The number of hydrogen-bond acceptors (Lipinski definition) is 2. The van der Waals surface area contributed by atoms with E-state index in [1.807, 2.05) is 6.08 Å². The number of fused-ring (bicyclic) bond motifs is 1. The lowest BCUT2D eigenvalue weighted by atomic mass is 9.71. The molecule has 0 aromatic rings. The molecule has 1 heterocycles. The molecule has 2 nitrogen and oxygen atoms in total. The molecule has 2 aliphatic carbocycles. The largest absolute Gasteiger partial charge is 0.316 e. The summed E-state index contributed by atoms with van der Waals surface area (Å²) in [6, 6.07) is 0. The maximum absolute atomic E-state index is 11.7. The van der Waals surface area contributed by atoms with E-state index in [1.165, 1.54) is 5.57 Å². The van der Waals surface area contributed by atoms with E-state index in [-0.39, 0.29) is 5.41 Å². The molecule has 2 unspecified atom stereocenters. The standard InChI is InChI=1S/C13H15Cl2NO/c14-11-2-1-8(4-12(11)15)13-5-10(17)3-9(13)6-16-7-13/h4,9,16H,1-3,5-7H2. The topological polar surface area (TPSA) is 29.1 Å². The van der Waals surface area contributed by atoms with Crippen LogP contribution in [0.2, 0.25) is 0 Å². The maximum atomic E-state index is 11.7. The van der Waals surface area contributed by atoms with Crippen molar-refractivity contribution in [1.29, 1.82) is 0 Å². The second-order valence-electron chi connectivity index (χ2n) is 5.33. The van der Waals surface area contributed by atoms with Crippen LogP contribution in [0.15, 0.2) is 21.7 Å². The van der Waals surface area contributed by atoms with Crippen LogP contribution in [-0.2, 0) is 4.79 Å². The predicted octanol–water partition coefficient (Wildman–Crippen LogP) is 2.96. The molecule has 3 rings (SSSR count). The van der Waals surface area contributed by atoms with Crippen molar-refractivity contribution in [3.8, 4) is 0 Å². The van der Waals surface area contributed by atoms with Gasteiger partial charge >= 0.3 is 0 Å². The quantitative estimate of drug-likeness (QED) is 0.795. The summed E-state index contributed by atoms with van der Waals surface area (Å²) in [4.78, 5) is 11.7. The molecule has 4 heteroatoms. The number of ketones is 1. The van der Waals surface area contributed by atoms with Gasteiger partial charge in [0, 0.05) is 29.8 Å². The van der Waals surface area contributed by atoms with Crippen LogP contribution in [0.25, 0.3) is 0 Å². The smallest absolute Gasteiger partial charge is 0.134 e. The molecule has 92 valence electrons. The molecule has 1 N–H and O–H groups in total. The zero-order chi connectivity index (χ0) is 12.0. The molecular formula is C13H15Cl2NO. The number of allylic oxidation sites excluding steroid dienone is 3. The van der Waals surface area contributed by atoms with Crippen molar-refractivity contribution in [3.05, 3.63) is 21.7 Å². The molecule has 2 fully saturated rings. The van der Waals surface area contributed by atoms with Crippen LogP contribution in [0.3, 0.4) is 0 Å². The first-order chi connectivity index (χ1) is 8.12. The van der Waals surface area contributed by atoms with Crippen molar-refractivity contribution in [1.82, 2.24) is 5.32 Å². The number of halogens is 2. The number of carbonyl (C=O) groups is 1. The minimum atomic E-state index is 0.0365. The Hall–Kier alpha value is -0.310. The van der Waals surface area contributed by atoms with Gasteiger partial charge in [-0.2, -0.15) is 0 Å². The Bertz CT molecular complexity index is 441. The van der Waals surface area contributed by atoms with Gasteiger partial charge in [0.2, 0.25) is 0 Å². The van der Waals surface area contributed by atoms with Crippen molar-refractivity contribution in [3.63, 3.8) is 0 Å². The van der Waals surface area contributed by atoms with E-state index in [0.717, 1.165) is 37.4 Å². The molecule has 0 spiro atoms. The van der Waals surface area contributed by atoms with Crippen LogP contribution in [0, 0.1) is 11.3 Å². The average molecular weight is 272 g/mol. The van der Waals surface area contributed by atoms with E-state index in [2.05, 4.69) is 5.32 Å². The van der Waals surface area contributed by atoms with Gasteiger partial charge in [0.05, 0.1) is 5.03 Å². The van der Waals surface area contributed by atoms with Crippen molar-refractivity contribution in [2.75, 3.05) is 13.1 Å². The van der Waals surface area contributed by atoms with E-state index in [0.29, 0.717) is 23.2 Å². The number of rotatable bonds is 1. The first-order valence-corrected chi connectivity index (χ1v) is 6.85. The van der Waals surface area contributed by atoms with Gasteiger partial charge in [0.15, 0.2) is 0 Å². The highest BCUT2D eigenvalue weighted by Gasteiger charge is 2.51. The zero-order valence-electron chi connectivity index (χ0n) is 9.56. The predicted molar refractivity (Wildman–Crippen MR) is 69.1 cm³/mol. The van der Waals surface area contributed by atoms with Crippen molar-refractivity contribution in [2.45, 2.75) is 25.7 Å². The summed E-state index contributed by atoms with van der Waals surface area (Å²) >= 11 is 12.2. The minimum absolute atomic E-state index is 0.0365. The summed E-state index contributed by atoms with van der Waals surface area (Å²) in [7, 11) is 0. The molecule has 1 saturated heterocycles. The third kappa shape index (κ3) is 1.78. The van der Waals surface area contributed by atoms with Crippen LogP contribution in [-0.4, -0.2) is 18.9 Å². The molecule has 0 aromatic heterocycles. The Kier molecular flexibility index (Phi) is 2.85. The van der Waals surface area contributed by atoms with Crippen LogP contribution >= 0.6 is 23.2 Å². The lowest BCUT2D eigenvalue weighted by Crippen LogP contribution is -2.29. The minimum Gasteiger partial charge on any atom is -0.316 e. The molecule has 3 aliphatic rings. The molecule has 0 aromatic carbocycles. The summed E-state index contributed by atoms with van der Waals surface area (Å²) in [6.45, 7) is 1.87. The van der Waals surface area contributed by atoms with E-state index in [1.54, 1.807) is 0 Å². The third-order valence-electron chi connectivity index (χ3n) is 4.41. The Morgan fingerprint density at radius 3 is 2.94 bits per heavy atom. The second kappa shape index (κ2) is 4.11. The molecule has 1 saturated carbocycles. The summed E-state index contributed by atoms with van der Waals surface area (Å²) in [6.07, 6.45) is 5.17. The van der Waals surface area contributed by atoms with Crippen LogP contribution in [0.4, 0.5) is 0 Å². The first-order valence-electron chi connectivity index (χ1n) is 6.09. The number of nitrogens with one attached hydrogen (secondary N) is 1. The summed E-state index contributed by atoms with van der Waals surface area (Å²) < 4.78 is 0. The fraction of sp³-hybridized carbons (Fsp3) is 0.615. The molecule has 2 atom stereocenters. The number of Topliss-reactive ketones (excluding diaryl/α,β-unsaturated/α-hetero) is 1. The lowest BCUT2D eigenvalue weighted by Gasteiger charge is -2.32. The molecular weight excluding hydrogens is 257 g/mol.